The highest BCUT2D eigenvalue weighted by Gasteiger charge is 2.18. The summed E-state index contributed by atoms with van der Waals surface area (Å²) >= 11 is 0. The summed E-state index contributed by atoms with van der Waals surface area (Å²) in [4.78, 5) is 29.0. The highest BCUT2D eigenvalue weighted by atomic mass is 16.3. The summed E-state index contributed by atoms with van der Waals surface area (Å²) in [5.74, 6) is 0.107. The van der Waals surface area contributed by atoms with Gasteiger partial charge in [0.05, 0.1) is 13.2 Å². The molecule has 0 saturated heterocycles. The minimum atomic E-state index is -0.548. The summed E-state index contributed by atoms with van der Waals surface area (Å²) in [5, 5.41) is 9.49. The molecule has 3 rings (SSSR count). The second kappa shape index (κ2) is 9.75. The summed E-state index contributed by atoms with van der Waals surface area (Å²) in [6.45, 7) is 0.923. The zero-order valence-electron chi connectivity index (χ0n) is 16.3. The lowest BCUT2D eigenvalue weighted by molar-refractivity contribution is 0.301. The number of H-pyrrole nitrogens is 1. The van der Waals surface area contributed by atoms with Gasteiger partial charge < -0.3 is 15.7 Å². The van der Waals surface area contributed by atoms with Crippen LogP contribution >= 0.6 is 0 Å². The number of hydrogen-bond acceptors (Lipinski definition) is 5. The van der Waals surface area contributed by atoms with E-state index in [-0.39, 0.29) is 31.2 Å². The van der Waals surface area contributed by atoms with Gasteiger partial charge in [0.1, 0.15) is 11.5 Å². The molecule has 1 aromatic heterocycles. The van der Waals surface area contributed by atoms with Gasteiger partial charge in [0.15, 0.2) is 0 Å². The quantitative estimate of drug-likeness (QED) is 0.511. The number of aliphatic hydroxyl groups is 1. The smallest absolute Gasteiger partial charge is 0.330 e. The highest BCUT2D eigenvalue weighted by Crippen LogP contribution is 2.18. The van der Waals surface area contributed by atoms with E-state index < -0.39 is 11.2 Å². The van der Waals surface area contributed by atoms with Gasteiger partial charge in [-0.15, -0.1) is 0 Å². The number of anilines is 2. The van der Waals surface area contributed by atoms with Crippen LogP contribution in [0.5, 0.6) is 0 Å². The van der Waals surface area contributed by atoms with E-state index in [1.807, 2.05) is 48.5 Å². The maximum atomic E-state index is 12.5. The lowest BCUT2D eigenvalue weighted by Crippen LogP contribution is -2.40. The van der Waals surface area contributed by atoms with Gasteiger partial charge in [-0.2, -0.15) is 0 Å². The van der Waals surface area contributed by atoms with Crippen molar-refractivity contribution in [3.63, 3.8) is 0 Å². The number of hydrogen-bond donors (Lipinski definition) is 3. The number of nitrogens with one attached hydrogen (secondary N) is 1. The Hall–Kier alpha value is -3.32. The van der Waals surface area contributed by atoms with E-state index in [9.17, 15) is 14.7 Å². The number of aryl methyl sites for hydroxylation is 1. The van der Waals surface area contributed by atoms with E-state index in [0.717, 1.165) is 18.4 Å². The predicted molar refractivity (Wildman–Crippen MR) is 115 cm³/mol. The summed E-state index contributed by atoms with van der Waals surface area (Å²) in [7, 11) is 0. The molecular formula is C22H26N4O3. The Balaban J connectivity index is 1.86. The molecule has 152 valence electrons. The lowest BCUT2D eigenvalue weighted by atomic mass is 10.1. The fourth-order valence-corrected chi connectivity index (χ4v) is 3.38. The molecule has 3 aromatic rings. The van der Waals surface area contributed by atoms with Crippen molar-refractivity contribution in [2.24, 2.45) is 0 Å². The lowest BCUT2D eigenvalue weighted by Gasteiger charge is -2.25. The summed E-state index contributed by atoms with van der Waals surface area (Å²) in [5.41, 5.74) is 7.51. The first kappa shape index (κ1) is 20.4. The van der Waals surface area contributed by atoms with Crippen molar-refractivity contribution < 1.29 is 5.11 Å². The maximum absolute atomic E-state index is 12.5. The average Bonchev–Trinajstić information content (AvgIpc) is 2.72. The second-order valence-corrected chi connectivity index (χ2v) is 6.86. The predicted octanol–water partition coefficient (Wildman–Crippen LogP) is 1.60. The fourth-order valence-electron chi connectivity index (χ4n) is 3.38. The van der Waals surface area contributed by atoms with E-state index in [0.29, 0.717) is 6.54 Å². The van der Waals surface area contributed by atoms with E-state index in [2.05, 4.69) is 17.1 Å². The van der Waals surface area contributed by atoms with E-state index in [1.54, 1.807) is 4.90 Å². The van der Waals surface area contributed by atoms with Crippen LogP contribution < -0.4 is 21.9 Å². The molecule has 2 aromatic carbocycles. The third kappa shape index (κ3) is 5.14. The number of nitrogens with two attached hydrogens (primary N) is 1. The normalized spacial score (nSPS) is 10.8. The summed E-state index contributed by atoms with van der Waals surface area (Å²) in [6.07, 6.45) is 1.62. The molecule has 7 nitrogen and oxygen atoms in total. The highest BCUT2D eigenvalue weighted by molar-refractivity contribution is 5.62. The van der Waals surface area contributed by atoms with Crippen molar-refractivity contribution >= 4 is 11.5 Å². The molecule has 0 atom stereocenters. The Labute approximate surface area is 169 Å². The van der Waals surface area contributed by atoms with Crippen LogP contribution in [0.1, 0.15) is 17.5 Å². The van der Waals surface area contributed by atoms with Crippen LogP contribution in [0.4, 0.5) is 11.5 Å². The largest absolute Gasteiger partial charge is 0.395 e. The molecule has 0 aliphatic carbocycles. The molecule has 7 heteroatoms. The zero-order valence-corrected chi connectivity index (χ0v) is 16.3. The Morgan fingerprint density at radius 3 is 2.17 bits per heavy atom. The third-order valence-electron chi connectivity index (χ3n) is 4.82. The molecule has 0 unspecified atom stereocenters. The minimum absolute atomic E-state index is 0.107. The van der Waals surface area contributed by atoms with Crippen LogP contribution in [0.25, 0.3) is 0 Å². The van der Waals surface area contributed by atoms with E-state index in [4.69, 9.17) is 5.73 Å². The van der Waals surface area contributed by atoms with Gasteiger partial charge in [0, 0.05) is 13.1 Å². The van der Waals surface area contributed by atoms with E-state index in [1.165, 1.54) is 10.1 Å². The summed E-state index contributed by atoms with van der Waals surface area (Å²) < 4.78 is 1.35. The molecule has 0 spiro atoms. The van der Waals surface area contributed by atoms with Gasteiger partial charge in [-0.1, -0.05) is 60.7 Å². The maximum Gasteiger partial charge on any atom is 0.330 e. The first-order valence-corrected chi connectivity index (χ1v) is 9.66. The van der Waals surface area contributed by atoms with Crippen molar-refractivity contribution in [3.8, 4) is 0 Å². The number of nitrogens with zero attached hydrogens (tertiary/aromatic N) is 2. The number of benzene rings is 2. The van der Waals surface area contributed by atoms with E-state index >= 15 is 0 Å². The third-order valence-corrected chi connectivity index (χ3v) is 4.82. The van der Waals surface area contributed by atoms with Crippen LogP contribution in [0.15, 0.2) is 70.3 Å². The van der Waals surface area contributed by atoms with Crippen molar-refractivity contribution in [1.82, 2.24) is 9.55 Å². The number of aromatic nitrogens is 2. The number of aromatic amines is 1. The number of rotatable bonds is 9. The monoisotopic (exact) mass is 394 g/mol. The first-order valence-electron chi connectivity index (χ1n) is 9.66. The van der Waals surface area contributed by atoms with Gasteiger partial charge in [0.25, 0.3) is 5.56 Å². The molecule has 0 saturated carbocycles. The molecule has 29 heavy (non-hydrogen) atoms. The van der Waals surface area contributed by atoms with Crippen molar-refractivity contribution in [3.05, 3.63) is 92.6 Å². The van der Waals surface area contributed by atoms with Crippen molar-refractivity contribution in [1.29, 1.82) is 0 Å². The molecule has 0 fully saturated rings. The topological polar surface area (TPSA) is 104 Å². The van der Waals surface area contributed by atoms with Crippen molar-refractivity contribution in [2.45, 2.75) is 19.4 Å². The van der Waals surface area contributed by atoms with Crippen LogP contribution in [0.2, 0.25) is 0 Å². The Morgan fingerprint density at radius 2 is 1.55 bits per heavy atom. The molecule has 0 aliphatic rings. The molecule has 0 aliphatic heterocycles. The molecule has 4 N–H and O–H groups in total. The fraction of sp³-hybridized carbons (Fsp3) is 0.273. The molecule has 1 heterocycles. The molecule has 0 bridgehead atoms. The Kier molecular flexibility index (Phi) is 6.86. The number of nitrogen functional groups attached to an aromatic ring is 1. The first-order chi connectivity index (χ1) is 14.1. The van der Waals surface area contributed by atoms with Gasteiger partial charge in [-0.25, -0.2) is 4.79 Å². The van der Waals surface area contributed by atoms with Gasteiger partial charge >= 0.3 is 5.69 Å². The second-order valence-electron chi connectivity index (χ2n) is 6.86. The van der Waals surface area contributed by atoms with Gasteiger partial charge in [-0.05, 0) is 24.0 Å². The van der Waals surface area contributed by atoms with Gasteiger partial charge in [-0.3, -0.25) is 14.3 Å². The van der Waals surface area contributed by atoms with Crippen LogP contribution in [-0.2, 0) is 13.0 Å². The van der Waals surface area contributed by atoms with Crippen LogP contribution in [0, 0.1) is 0 Å². The molecule has 0 radical (unpaired) electrons. The average molecular weight is 394 g/mol. The van der Waals surface area contributed by atoms with Crippen LogP contribution in [-0.4, -0.2) is 34.4 Å². The SMILES string of the molecule is Nc1c(N(CCO)CCCc2ccccc2)c(=O)[nH]c(=O)n1Cc1ccccc1. The standard InChI is InChI=1S/C22H26N4O3/c23-20-19(25(14-15-27)13-7-12-17-8-3-1-4-9-17)21(28)24-22(29)26(20)16-18-10-5-2-6-11-18/h1-6,8-11,27H,7,12-16,23H2,(H,24,28,29). The summed E-state index contributed by atoms with van der Waals surface area (Å²) in [6, 6.07) is 19.5. The Bertz CT molecular complexity index is 1030. The molecule has 0 amide bonds. The number of aliphatic hydroxyl groups excluding tert-OH is 1. The minimum Gasteiger partial charge on any atom is -0.395 e. The zero-order chi connectivity index (χ0) is 20.6. The van der Waals surface area contributed by atoms with Gasteiger partial charge in [0.2, 0.25) is 0 Å². The van der Waals surface area contributed by atoms with Crippen molar-refractivity contribution in [2.75, 3.05) is 30.3 Å². The van der Waals surface area contributed by atoms with Crippen LogP contribution in [0.3, 0.4) is 0 Å². The Morgan fingerprint density at radius 1 is 0.931 bits per heavy atom. The molecular weight excluding hydrogens is 368 g/mol.